The zero-order valence-corrected chi connectivity index (χ0v) is 12.8. The van der Waals surface area contributed by atoms with Crippen LogP contribution in [0, 0.1) is 0 Å². The van der Waals surface area contributed by atoms with Gasteiger partial charge < -0.3 is 4.90 Å². The van der Waals surface area contributed by atoms with Crippen molar-refractivity contribution in [2.75, 3.05) is 19.6 Å². The van der Waals surface area contributed by atoms with Gasteiger partial charge in [-0.1, -0.05) is 12.2 Å². The Balaban J connectivity index is 1.46. The van der Waals surface area contributed by atoms with Gasteiger partial charge in [0.1, 0.15) is 0 Å². The molecule has 1 saturated heterocycles. The van der Waals surface area contributed by atoms with Crippen LogP contribution in [0.15, 0.2) is 24.4 Å². The lowest BCUT2D eigenvalue weighted by Gasteiger charge is -2.17. The van der Waals surface area contributed by atoms with Gasteiger partial charge in [0.2, 0.25) is 0 Å². The van der Waals surface area contributed by atoms with Crippen LogP contribution in [0.1, 0.15) is 55.7 Å². The molecular weight excluding hydrogens is 258 g/mol. The van der Waals surface area contributed by atoms with Crippen molar-refractivity contribution < 1.29 is 0 Å². The van der Waals surface area contributed by atoms with Gasteiger partial charge in [0.15, 0.2) is 0 Å². The van der Waals surface area contributed by atoms with E-state index in [1.54, 1.807) is 0 Å². The molecule has 4 rings (SSSR count). The first-order valence-electron chi connectivity index (χ1n) is 8.57. The van der Waals surface area contributed by atoms with Gasteiger partial charge in [-0.3, -0.25) is 0 Å². The molecule has 21 heavy (non-hydrogen) atoms. The number of aromatic nitrogens is 2. The van der Waals surface area contributed by atoms with Crippen LogP contribution in [0.3, 0.4) is 0 Å². The largest absolute Gasteiger partial charge is 0.303 e. The van der Waals surface area contributed by atoms with Gasteiger partial charge in [-0.05, 0) is 82.1 Å². The number of rotatable bonds is 4. The third-order valence-electron chi connectivity index (χ3n) is 5.33. The summed E-state index contributed by atoms with van der Waals surface area (Å²) >= 11 is 0. The Morgan fingerprint density at radius 3 is 2.90 bits per heavy atom. The zero-order valence-electron chi connectivity index (χ0n) is 12.8. The van der Waals surface area contributed by atoms with Crippen LogP contribution in [0.2, 0.25) is 0 Å². The Morgan fingerprint density at radius 1 is 1.19 bits per heavy atom. The SMILES string of the molecule is C1=CCCC(n2ncc3c2CCC3CCN2CCCC2)=C1. The molecule has 1 aliphatic heterocycles. The Morgan fingerprint density at radius 2 is 2.10 bits per heavy atom. The Kier molecular flexibility index (Phi) is 3.68. The summed E-state index contributed by atoms with van der Waals surface area (Å²) < 4.78 is 2.23. The lowest BCUT2D eigenvalue weighted by Crippen LogP contribution is -2.21. The monoisotopic (exact) mass is 283 g/mol. The van der Waals surface area contributed by atoms with Crippen molar-refractivity contribution in [2.24, 2.45) is 0 Å². The fraction of sp³-hybridized carbons (Fsp3) is 0.611. The first-order chi connectivity index (χ1) is 10.4. The highest BCUT2D eigenvalue weighted by molar-refractivity contribution is 5.52. The van der Waals surface area contributed by atoms with Crippen LogP contribution in [0.4, 0.5) is 0 Å². The van der Waals surface area contributed by atoms with E-state index in [-0.39, 0.29) is 0 Å². The molecule has 3 aliphatic rings. The second-order valence-corrected chi connectivity index (χ2v) is 6.66. The van der Waals surface area contributed by atoms with Gasteiger partial charge in [0.05, 0.1) is 6.20 Å². The molecule has 3 heteroatoms. The topological polar surface area (TPSA) is 21.1 Å². The summed E-state index contributed by atoms with van der Waals surface area (Å²) in [6.45, 7) is 3.91. The maximum Gasteiger partial charge on any atom is 0.0531 e. The molecule has 2 heterocycles. The van der Waals surface area contributed by atoms with E-state index in [4.69, 9.17) is 5.10 Å². The Bertz CT molecular complexity index is 561. The van der Waals surface area contributed by atoms with E-state index < -0.39 is 0 Å². The molecule has 1 atom stereocenters. The van der Waals surface area contributed by atoms with E-state index in [1.807, 2.05) is 0 Å². The fourth-order valence-electron chi connectivity index (χ4n) is 4.10. The number of hydrogen-bond acceptors (Lipinski definition) is 2. The molecule has 0 aromatic carbocycles. The van der Waals surface area contributed by atoms with Crippen molar-refractivity contribution in [3.8, 4) is 0 Å². The minimum absolute atomic E-state index is 0.745. The van der Waals surface area contributed by atoms with Crippen molar-refractivity contribution in [1.29, 1.82) is 0 Å². The first-order valence-corrected chi connectivity index (χ1v) is 8.57. The van der Waals surface area contributed by atoms with E-state index in [0.717, 1.165) is 18.8 Å². The maximum absolute atomic E-state index is 4.69. The number of fused-ring (bicyclic) bond motifs is 1. The zero-order chi connectivity index (χ0) is 14.1. The van der Waals surface area contributed by atoms with Crippen LogP contribution in [-0.2, 0) is 6.42 Å². The summed E-state index contributed by atoms with van der Waals surface area (Å²) in [6, 6.07) is 0. The predicted octanol–water partition coefficient (Wildman–Crippen LogP) is 3.59. The number of hydrogen-bond donors (Lipinski definition) is 0. The van der Waals surface area contributed by atoms with E-state index in [1.165, 1.54) is 68.7 Å². The van der Waals surface area contributed by atoms with Gasteiger partial charge in [0, 0.05) is 11.4 Å². The molecule has 1 fully saturated rings. The normalized spacial score (nSPS) is 25.3. The van der Waals surface area contributed by atoms with Gasteiger partial charge in [-0.25, -0.2) is 4.68 Å². The van der Waals surface area contributed by atoms with E-state index in [9.17, 15) is 0 Å². The molecular formula is C18H25N3. The van der Waals surface area contributed by atoms with Crippen LogP contribution >= 0.6 is 0 Å². The second-order valence-electron chi connectivity index (χ2n) is 6.66. The molecule has 0 amide bonds. The van der Waals surface area contributed by atoms with Crippen molar-refractivity contribution >= 4 is 5.70 Å². The van der Waals surface area contributed by atoms with Crippen LogP contribution in [-0.4, -0.2) is 34.3 Å². The summed E-state index contributed by atoms with van der Waals surface area (Å²) in [5.74, 6) is 0.745. The van der Waals surface area contributed by atoms with Crippen molar-refractivity contribution in [2.45, 2.75) is 50.9 Å². The lowest BCUT2D eigenvalue weighted by atomic mass is 10.0. The highest BCUT2D eigenvalue weighted by Gasteiger charge is 2.28. The van der Waals surface area contributed by atoms with Crippen LogP contribution in [0.25, 0.3) is 5.70 Å². The average molecular weight is 283 g/mol. The molecule has 2 aliphatic carbocycles. The number of nitrogens with zero attached hydrogens (tertiary/aromatic N) is 3. The van der Waals surface area contributed by atoms with E-state index >= 15 is 0 Å². The molecule has 0 N–H and O–H groups in total. The smallest absolute Gasteiger partial charge is 0.0531 e. The number of likely N-dealkylation sites (tertiary alicyclic amines) is 1. The van der Waals surface area contributed by atoms with Gasteiger partial charge in [-0.15, -0.1) is 0 Å². The summed E-state index contributed by atoms with van der Waals surface area (Å²) in [7, 11) is 0. The highest BCUT2D eigenvalue weighted by Crippen LogP contribution is 2.37. The quantitative estimate of drug-likeness (QED) is 0.842. The van der Waals surface area contributed by atoms with Gasteiger partial charge in [-0.2, -0.15) is 5.10 Å². The van der Waals surface area contributed by atoms with E-state index in [0.29, 0.717) is 0 Å². The van der Waals surface area contributed by atoms with Gasteiger partial charge in [0.25, 0.3) is 0 Å². The second kappa shape index (κ2) is 5.80. The molecule has 0 spiro atoms. The lowest BCUT2D eigenvalue weighted by molar-refractivity contribution is 0.321. The molecule has 1 aromatic rings. The summed E-state index contributed by atoms with van der Waals surface area (Å²) in [6.07, 6.45) is 17.7. The molecule has 3 nitrogen and oxygen atoms in total. The maximum atomic E-state index is 4.69. The third kappa shape index (κ3) is 2.59. The van der Waals surface area contributed by atoms with Gasteiger partial charge >= 0.3 is 0 Å². The summed E-state index contributed by atoms with van der Waals surface area (Å²) in [4.78, 5) is 2.64. The molecule has 0 radical (unpaired) electrons. The van der Waals surface area contributed by atoms with Crippen LogP contribution < -0.4 is 0 Å². The molecule has 1 unspecified atom stereocenters. The average Bonchev–Trinajstić information content (AvgIpc) is 3.24. The molecule has 0 saturated carbocycles. The Labute approximate surface area is 127 Å². The molecule has 112 valence electrons. The fourth-order valence-corrected chi connectivity index (χ4v) is 4.10. The summed E-state index contributed by atoms with van der Waals surface area (Å²) in [5.41, 5.74) is 4.39. The first kappa shape index (κ1) is 13.3. The standard InChI is InChI=1S/C18H25N3/c1-2-6-16(7-3-1)21-18-9-8-15(17(18)14-19-21)10-13-20-11-4-5-12-20/h1-2,6,14-15H,3-5,7-13H2. The van der Waals surface area contributed by atoms with Crippen LogP contribution in [0.5, 0.6) is 0 Å². The summed E-state index contributed by atoms with van der Waals surface area (Å²) in [5, 5.41) is 4.69. The minimum Gasteiger partial charge on any atom is -0.303 e. The van der Waals surface area contributed by atoms with Crippen molar-refractivity contribution in [3.05, 3.63) is 35.7 Å². The number of allylic oxidation sites excluding steroid dienone is 4. The minimum atomic E-state index is 0.745. The molecule has 0 bridgehead atoms. The Hall–Kier alpha value is -1.35. The predicted molar refractivity (Wildman–Crippen MR) is 86.2 cm³/mol. The van der Waals surface area contributed by atoms with E-state index in [2.05, 4.69) is 34.0 Å². The third-order valence-corrected chi connectivity index (χ3v) is 5.33. The highest BCUT2D eigenvalue weighted by atomic mass is 15.3. The molecule has 1 aromatic heterocycles. The van der Waals surface area contributed by atoms with Crippen molar-refractivity contribution in [1.82, 2.24) is 14.7 Å². The van der Waals surface area contributed by atoms with Crippen molar-refractivity contribution in [3.63, 3.8) is 0 Å².